The van der Waals surface area contributed by atoms with E-state index in [2.05, 4.69) is 5.10 Å². The Labute approximate surface area is 123 Å². The molecule has 0 saturated carbocycles. The second-order valence-electron chi connectivity index (χ2n) is 4.58. The van der Waals surface area contributed by atoms with Gasteiger partial charge in [-0.2, -0.15) is 5.10 Å². The third-order valence-electron chi connectivity index (χ3n) is 3.10. The van der Waals surface area contributed by atoms with Crippen molar-refractivity contribution in [1.29, 1.82) is 0 Å². The van der Waals surface area contributed by atoms with Gasteiger partial charge in [0.15, 0.2) is 11.4 Å². The molecule has 1 aromatic carbocycles. The molecule has 0 saturated heterocycles. The van der Waals surface area contributed by atoms with Gasteiger partial charge in [-0.15, -0.1) is 0 Å². The van der Waals surface area contributed by atoms with Crippen LogP contribution in [0.5, 0.6) is 5.75 Å². The Morgan fingerprint density at radius 1 is 1.45 bits per heavy atom. The van der Waals surface area contributed by atoms with Crippen molar-refractivity contribution < 1.29 is 9.53 Å². The normalized spacial score (nSPS) is 10.6. The summed E-state index contributed by atoms with van der Waals surface area (Å²) in [6, 6.07) is 5.24. The number of carbonyl (C=O) groups is 1. The third kappa shape index (κ3) is 2.70. The van der Waals surface area contributed by atoms with Gasteiger partial charge in [-0.3, -0.25) is 9.48 Å². The first-order chi connectivity index (χ1) is 9.58. The Morgan fingerprint density at radius 3 is 2.80 bits per heavy atom. The molecule has 1 aromatic heterocycles. The van der Waals surface area contributed by atoms with E-state index in [-0.39, 0.29) is 5.78 Å². The lowest BCUT2D eigenvalue weighted by Gasteiger charge is -2.08. The standard InChI is InChI=1S/C15H17ClN2O2/c1-4-7-18-14(13(20-3)9-17-18)15(19)11-5-6-12(16)10(2)8-11/h5-6,8-9H,4,7H2,1-3H3. The number of hydrogen-bond donors (Lipinski definition) is 0. The van der Waals surface area contributed by atoms with Crippen LogP contribution in [0.3, 0.4) is 0 Å². The van der Waals surface area contributed by atoms with Crippen molar-refractivity contribution in [2.75, 3.05) is 7.11 Å². The Hall–Kier alpha value is -1.81. The molecule has 0 radical (unpaired) electrons. The number of halogens is 1. The maximum absolute atomic E-state index is 12.7. The van der Waals surface area contributed by atoms with Crippen molar-refractivity contribution in [3.05, 3.63) is 46.2 Å². The van der Waals surface area contributed by atoms with Crippen LogP contribution in [0.1, 0.15) is 35.0 Å². The predicted octanol–water partition coefficient (Wildman–Crippen LogP) is 3.49. The topological polar surface area (TPSA) is 44.1 Å². The largest absolute Gasteiger partial charge is 0.493 e. The Balaban J connectivity index is 2.46. The summed E-state index contributed by atoms with van der Waals surface area (Å²) in [7, 11) is 1.54. The molecule has 4 nitrogen and oxygen atoms in total. The fraction of sp³-hybridized carbons (Fsp3) is 0.333. The predicted molar refractivity (Wildman–Crippen MR) is 78.7 cm³/mol. The first-order valence-corrected chi connectivity index (χ1v) is 6.87. The summed E-state index contributed by atoms with van der Waals surface area (Å²) in [6.45, 7) is 4.59. The lowest BCUT2D eigenvalue weighted by molar-refractivity contribution is 0.102. The zero-order valence-corrected chi connectivity index (χ0v) is 12.6. The maximum atomic E-state index is 12.7. The fourth-order valence-corrected chi connectivity index (χ4v) is 2.17. The van der Waals surface area contributed by atoms with Gasteiger partial charge in [-0.05, 0) is 37.1 Å². The zero-order valence-electron chi connectivity index (χ0n) is 11.8. The van der Waals surface area contributed by atoms with Crippen molar-refractivity contribution >= 4 is 17.4 Å². The zero-order chi connectivity index (χ0) is 14.7. The van der Waals surface area contributed by atoms with Crippen molar-refractivity contribution in [3.63, 3.8) is 0 Å². The highest BCUT2D eigenvalue weighted by Gasteiger charge is 2.21. The summed E-state index contributed by atoms with van der Waals surface area (Å²) < 4.78 is 6.92. The molecule has 0 unspecified atom stereocenters. The number of benzene rings is 1. The van der Waals surface area contributed by atoms with E-state index in [1.165, 1.54) is 7.11 Å². The molecule has 0 fully saturated rings. The van der Waals surface area contributed by atoms with Crippen molar-refractivity contribution in [2.24, 2.45) is 0 Å². The molecule has 0 amide bonds. The van der Waals surface area contributed by atoms with E-state index < -0.39 is 0 Å². The van der Waals surface area contributed by atoms with E-state index in [1.807, 2.05) is 13.8 Å². The smallest absolute Gasteiger partial charge is 0.214 e. The van der Waals surface area contributed by atoms with Crippen LogP contribution < -0.4 is 4.74 Å². The molecule has 0 N–H and O–H groups in total. The number of nitrogens with zero attached hydrogens (tertiary/aromatic N) is 2. The second-order valence-corrected chi connectivity index (χ2v) is 4.98. The van der Waals surface area contributed by atoms with Crippen molar-refractivity contribution in [2.45, 2.75) is 26.8 Å². The van der Waals surface area contributed by atoms with Crippen LogP contribution in [0.4, 0.5) is 0 Å². The Bertz CT molecular complexity index is 635. The molecule has 0 atom stereocenters. The number of hydrogen-bond acceptors (Lipinski definition) is 3. The minimum Gasteiger partial charge on any atom is -0.493 e. The Morgan fingerprint density at radius 2 is 2.20 bits per heavy atom. The highest BCUT2D eigenvalue weighted by molar-refractivity contribution is 6.31. The van der Waals surface area contributed by atoms with Crippen molar-refractivity contribution in [1.82, 2.24) is 9.78 Å². The molecule has 0 aliphatic carbocycles. The SMILES string of the molecule is CCCn1ncc(OC)c1C(=O)c1ccc(Cl)c(C)c1. The minimum atomic E-state index is -0.104. The molecule has 0 spiro atoms. The van der Waals surface area contributed by atoms with Gasteiger partial charge in [-0.25, -0.2) is 0 Å². The van der Waals surface area contributed by atoms with Crippen LogP contribution in [0.25, 0.3) is 0 Å². The monoisotopic (exact) mass is 292 g/mol. The van der Waals surface area contributed by atoms with E-state index in [9.17, 15) is 4.79 Å². The first kappa shape index (κ1) is 14.6. The van der Waals surface area contributed by atoms with E-state index in [0.717, 1.165) is 12.0 Å². The highest BCUT2D eigenvalue weighted by Crippen LogP contribution is 2.24. The molecule has 2 rings (SSSR count). The number of methoxy groups -OCH3 is 1. The quantitative estimate of drug-likeness (QED) is 0.792. The van der Waals surface area contributed by atoms with E-state index in [1.54, 1.807) is 29.1 Å². The van der Waals surface area contributed by atoms with Gasteiger partial charge in [-0.1, -0.05) is 18.5 Å². The van der Waals surface area contributed by atoms with Crippen LogP contribution in [0, 0.1) is 6.92 Å². The van der Waals surface area contributed by atoms with Gasteiger partial charge < -0.3 is 4.74 Å². The van der Waals surface area contributed by atoms with Gasteiger partial charge >= 0.3 is 0 Å². The molecule has 0 aliphatic heterocycles. The van der Waals surface area contributed by atoms with Gasteiger partial charge in [0.05, 0.1) is 13.3 Å². The van der Waals surface area contributed by atoms with Gasteiger partial charge in [0.1, 0.15) is 0 Å². The highest BCUT2D eigenvalue weighted by atomic mass is 35.5. The number of ether oxygens (including phenoxy) is 1. The number of aromatic nitrogens is 2. The number of aryl methyl sites for hydroxylation is 2. The van der Waals surface area contributed by atoms with E-state index in [0.29, 0.717) is 28.6 Å². The third-order valence-corrected chi connectivity index (χ3v) is 3.52. The van der Waals surface area contributed by atoms with Gasteiger partial charge in [0.25, 0.3) is 0 Å². The van der Waals surface area contributed by atoms with Gasteiger partial charge in [0, 0.05) is 17.1 Å². The molecule has 106 valence electrons. The minimum absolute atomic E-state index is 0.104. The number of ketones is 1. The summed E-state index contributed by atoms with van der Waals surface area (Å²) in [6.07, 6.45) is 2.47. The van der Waals surface area contributed by atoms with Crippen molar-refractivity contribution in [3.8, 4) is 5.75 Å². The van der Waals surface area contributed by atoms with Gasteiger partial charge in [0.2, 0.25) is 5.78 Å². The molecule has 0 bridgehead atoms. The molecule has 20 heavy (non-hydrogen) atoms. The average molecular weight is 293 g/mol. The average Bonchev–Trinajstić information content (AvgIpc) is 2.84. The molecule has 2 aromatic rings. The molecular weight excluding hydrogens is 276 g/mol. The second kappa shape index (κ2) is 6.09. The number of carbonyl (C=O) groups excluding carboxylic acids is 1. The molecule has 1 heterocycles. The summed E-state index contributed by atoms with van der Waals surface area (Å²) in [4.78, 5) is 12.7. The van der Waals surface area contributed by atoms with E-state index in [4.69, 9.17) is 16.3 Å². The van der Waals surface area contributed by atoms with Crippen LogP contribution in [0.2, 0.25) is 5.02 Å². The Kier molecular flexibility index (Phi) is 4.45. The molecule has 5 heteroatoms. The maximum Gasteiger partial charge on any atom is 0.214 e. The summed E-state index contributed by atoms with van der Waals surface area (Å²) in [5.41, 5.74) is 1.94. The summed E-state index contributed by atoms with van der Waals surface area (Å²) >= 11 is 6.00. The van der Waals surface area contributed by atoms with Crippen LogP contribution in [-0.4, -0.2) is 22.7 Å². The van der Waals surface area contributed by atoms with Crippen LogP contribution >= 0.6 is 11.6 Å². The molecule has 0 aliphatic rings. The lowest BCUT2D eigenvalue weighted by atomic mass is 10.1. The van der Waals surface area contributed by atoms with Crippen LogP contribution in [-0.2, 0) is 6.54 Å². The summed E-state index contributed by atoms with van der Waals surface area (Å²) in [5, 5.41) is 4.86. The first-order valence-electron chi connectivity index (χ1n) is 6.49. The lowest BCUT2D eigenvalue weighted by Crippen LogP contribution is -2.12. The summed E-state index contributed by atoms with van der Waals surface area (Å²) in [5.74, 6) is 0.392. The molecular formula is C15H17ClN2O2. The van der Waals surface area contributed by atoms with Crippen LogP contribution in [0.15, 0.2) is 24.4 Å². The number of rotatable bonds is 5. The van der Waals surface area contributed by atoms with E-state index >= 15 is 0 Å². The fourth-order valence-electron chi connectivity index (χ4n) is 2.05.